The number of hydrogen-bond donors (Lipinski definition) is 0. The fourth-order valence-electron chi connectivity index (χ4n) is 3.15. The van der Waals surface area contributed by atoms with Crippen LogP contribution in [-0.4, -0.2) is 31.0 Å². The summed E-state index contributed by atoms with van der Waals surface area (Å²) < 4.78 is 23.9. The van der Waals surface area contributed by atoms with Crippen molar-refractivity contribution in [3.63, 3.8) is 0 Å². The SMILES string of the molecule is O=C(OCCOc1ccccc1F)c1ccc2c(c1)C(=O)N(c1ccccc1Cl)C2=O. The number of ether oxygens (including phenoxy) is 2. The monoisotopic (exact) mass is 439 g/mol. The van der Waals surface area contributed by atoms with E-state index in [2.05, 4.69) is 0 Å². The summed E-state index contributed by atoms with van der Waals surface area (Å²) in [6.07, 6.45) is 0. The molecule has 0 radical (unpaired) electrons. The van der Waals surface area contributed by atoms with Crippen LogP contribution in [0.15, 0.2) is 66.7 Å². The Morgan fingerprint density at radius 2 is 1.61 bits per heavy atom. The number of imide groups is 1. The molecule has 0 spiro atoms. The van der Waals surface area contributed by atoms with Crippen LogP contribution in [0.25, 0.3) is 0 Å². The summed E-state index contributed by atoms with van der Waals surface area (Å²) in [5.41, 5.74) is 0.628. The molecule has 0 aromatic heterocycles. The van der Waals surface area contributed by atoms with E-state index in [1.807, 2.05) is 0 Å². The minimum Gasteiger partial charge on any atom is -0.487 e. The van der Waals surface area contributed by atoms with E-state index < -0.39 is 23.6 Å². The number of esters is 1. The van der Waals surface area contributed by atoms with Crippen molar-refractivity contribution in [2.45, 2.75) is 0 Å². The molecule has 1 aliphatic heterocycles. The number of para-hydroxylation sites is 2. The van der Waals surface area contributed by atoms with Crippen LogP contribution in [0.5, 0.6) is 5.75 Å². The predicted octanol–water partition coefficient (Wildman–Crippen LogP) is 4.52. The molecule has 1 aliphatic rings. The van der Waals surface area contributed by atoms with E-state index in [-0.39, 0.29) is 46.4 Å². The quantitative estimate of drug-likeness (QED) is 0.321. The summed E-state index contributed by atoms with van der Waals surface area (Å²) in [7, 11) is 0. The number of nitrogens with zero attached hydrogens (tertiary/aromatic N) is 1. The number of hydrogen-bond acceptors (Lipinski definition) is 5. The Hall–Kier alpha value is -3.71. The first-order valence-corrected chi connectivity index (χ1v) is 9.67. The lowest BCUT2D eigenvalue weighted by Crippen LogP contribution is -2.29. The van der Waals surface area contributed by atoms with Crippen molar-refractivity contribution in [3.8, 4) is 5.75 Å². The molecule has 156 valence electrons. The highest BCUT2D eigenvalue weighted by molar-refractivity contribution is 6.39. The van der Waals surface area contributed by atoms with Gasteiger partial charge in [0.1, 0.15) is 13.2 Å². The zero-order valence-corrected chi connectivity index (χ0v) is 16.8. The van der Waals surface area contributed by atoms with E-state index in [1.54, 1.807) is 30.3 Å². The summed E-state index contributed by atoms with van der Waals surface area (Å²) in [4.78, 5) is 38.8. The number of amides is 2. The van der Waals surface area contributed by atoms with E-state index in [0.29, 0.717) is 0 Å². The van der Waals surface area contributed by atoms with Gasteiger partial charge in [-0.3, -0.25) is 9.59 Å². The Balaban J connectivity index is 1.44. The minimum absolute atomic E-state index is 0.0463. The van der Waals surface area contributed by atoms with Gasteiger partial charge in [0.25, 0.3) is 11.8 Å². The number of rotatable bonds is 6. The van der Waals surface area contributed by atoms with Gasteiger partial charge in [0, 0.05) is 0 Å². The summed E-state index contributed by atoms with van der Waals surface area (Å²) in [5, 5.41) is 0.256. The average Bonchev–Trinajstić information content (AvgIpc) is 3.02. The summed E-state index contributed by atoms with van der Waals surface area (Å²) in [6.45, 7) is -0.168. The van der Waals surface area contributed by atoms with Crippen molar-refractivity contribution in [2.75, 3.05) is 18.1 Å². The minimum atomic E-state index is -0.698. The first kappa shape index (κ1) is 20.6. The maximum atomic E-state index is 13.5. The topological polar surface area (TPSA) is 72.9 Å². The Morgan fingerprint density at radius 1 is 0.903 bits per heavy atom. The van der Waals surface area contributed by atoms with E-state index in [4.69, 9.17) is 21.1 Å². The standard InChI is InChI=1S/C23H15ClFNO5/c24-17-5-1-3-7-19(17)26-21(27)15-10-9-14(13-16(15)22(26)28)23(29)31-12-11-30-20-8-4-2-6-18(20)25/h1-10,13H,11-12H2. The van der Waals surface area contributed by atoms with Gasteiger partial charge in [-0.05, 0) is 42.5 Å². The van der Waals surface area contributed by atoms with Gasteiger partial charge in [0.15, 0.2) is 11.6 Å². The van der Waals surface area contributed by atoms with Gasteiger partial charge in [0.05, 0.1) is 27.4 Å². The van der Waals surface area contributed by atoms with Crippen LogP contribution >= 0.6 is 11.6 Å². The molecule has 3 aromatic rings. The highest BCUT2D eigenvalue weighted by Crippen LogP contribution is 2.33. The van der Waals surface area contributed by atoms with E-state index >= 15 is 0 Å². The number of carbonyl (C=O) groups excluding carboxylic acids is 3. The fraction of sp³-hybridized carbons (Fsp3) is 0.0870. The lowest BCUT2D eigenvalue weighted by atomic mass is 10.1. The Labute approximate surface area is 181 Å². The third-order valence-electron chi connectivity index (χ3n) is 4.63. The molecule has 8 heteroatoms. The van der Waals surface area contributed by atoms with Crippen LogP contribution in [-0.2, 0) is 4.74 Å². The number of anilines is 1. The van der Waals surface area contributed by atoms with Crippen molar-refractivity contribution < 1.29 is 28.2 Å². The van der Waals surface area contributed by atoms with Gasteiger partial charge in [-0.1, -0.05) is 35.9 Å². The van der Waals surface area contributed by atoms with Crippen LogP contribution in [0, 0.1) is 5.82 Å². The smallest absolute Gasteiger partial charge is 0.338 e. The second-order valence-electron chi connectivity index (χ2n) is 6.57. The molecule has 0 unspecified atom stereocenters. The van der Waals surface area contributed by atoms with Gasteiger partial charge in [0.2, 0.25) is 0 Å². The van der Waals surface area contributed by atoms with Crippen LogP contribution < -0.4 is 9.64 Å². The Kier molecular flexibility index (Phi) is 5.68. The first-order chi connectivity index (χ1) is 15.0. The van der Waals surface area contributed by atoms with Gasteiger partial charge in [-0.2, -0.15) is 0 Å². The van der Waals surface area contributed by atoms with Crippen molar-refractivity contribution >= 4 is 35.1 Å². The van der Waals surface area contributed by atoms with Gasteiger partial charge in [-0.25, -0.2) is 14.1 Å². The molecule has 3 aromatic carbocycles. The summed E-state index contributed by atoms with van der Waals surface area (Å²) >= 11 is 6.13. The fourth-order valence-corrected chi connectivity index (χ4v) is 3.37. The van der Waals surface area contributed by atoms with E-state index in [9.17, 15) is 18.8 Å². The predicted molar refractivity (Wildman–Crippen MR) is 111 cm³/mol. The van der Waals surface area contributed by atoms with Gasteiger partial charge in [-0.15, -0.1) is 0 Å². The van der Waals surface area contributed by atoms with Gasteiger partial charge >= 0.3 is 5.97 Å². The number of carbonyl (C=O) groups is 3. The molecular formula is C23H15ClFNO5. The molecule has 0 aliphatic carbocycles. The van der Waals surface area contributed by atoms with E-state index in [1.165, 1.54) is 36.4 Å². The lowest BCUT2D eigenvalue weighted by molar-refractivity contribution is 0.0448. The lowest BCUT2D eigenvalue weighted by Gasteiger charge is -2.15. The number of fused-ring (bicyclic) bond motifs is 1. The Morgan fingerprint density at radius 3 is 2.39 bits per heavy atom. The molecule has 0 fully saturated rings. The van der Waals surface area contributed by atoms with Crippen LogP contribution in [0.2, 0.25) is 5.02 Å². The highest BCUT2D eigenvalue weighted by Gasteiger charge is 2.38. The molecule has 31 heavy (non-hydrogen) atoms. The molecule has 1 heterocycles. The van der Waals surface area contributed by atoms with Crippen molar-refractivity contribution in [1.29, 1.82) is 0 Å². The maximum absolute atomic E-state index is 13.5. The third-order valence-corrected chi connectivity index (χ3v) is 4.95. The summed E-state index contributed by atoms with van der Waals surface area (Å²) in [6, 6.07) is 16.5. The van der Waals surface area contributed by atoms with Crippen molar-refractivity contribution in [1.82, 2.24) is 0 Å². The maximum Gasteiger partial charge on any atom is 0.338 e. The van der Waals surface area contributed by atoms with Crippen molar-refractivity contribution in [2.24, 2.45) is 0 Å². The Bertz CT molecular complexity index is 1200. The molecule has 0 atom stereocenters. The molecule has 0 saturated heterocycles. The number of benzene rings is 3. The highest BCUT2D eigenvalue weighted by atomic mass is 35.5. The van der Waals surface area contributed by atoms with E-state index in [0.717, 1.165) is 4.90 Å². The van der Waals surface area contributed by atoms with Crippen LogP contribution in [0.4, 0.5) is 10.1 Å². The molecule has 0 N–H and O–H groups in total. The largest absolute Gasteiger partial charge is 0.487 e. The zero-order valence-electron chi connectivity index (χ0n) is 16.0. The van der Waals surface area contributed by atoms with Crippen molar-refractivity contribution in [3.05, 3.63) is 94.3 Å². The molecular weight excluding hydrogens is 425 g/mol. The molecule has 2 amide bonds. The summed E-state index contributed by atoms with van der Waals surface area (Å²) in [5.74, 6) is -2.26. The third kappa shape index (κ3) is 4.00. The number of halogens is 2. The average molecular weight is 440 g/mol. The molecule has 0 saturated carbocycles. The van der Waals surface area contributed by atoms with Gasteiger partial charge < -0.3 is 9.47 Å². The molecule has 4 rings (SSSR count). The second kappa shape index (κ2) is 8.57. The first-order valence-electron chi connectivity index (χ1n) is 9.29. The molecule has 6 nitrogen and oxygen atoms in total. The molecule has 0 bridgehead atoms. The van der Waals surface area contributed by atoms with Crippen LogP contribution in [0.3, 0.4) is 0 Å². The van der Waals surface area contributed by atoms with Crippen LogP contribution in [0.1, 0.15) is 31.1 Å². The second-order valence-corrected chi connectivity index (χ2v) is 6.98. The zero-order chi connectivity index (χ0) is 22.0. The normalized spacial score (nSPS) is 12.6.